The summed E-state index contributed by atoms with van der Waals surface area (Å²) in [6, 6.07) is 0. The lowest BCUT2D eigenvalue weighted by molar-refractivity contribution is -0.440. The van der Waals surface area contributed by atoms with Gasteiger partial charge >= 0.3 is 46.2 Å². The number of halogens is 13. The highest BCUT2D eigenvalue weighted by molar-refractivity contribution is 7.80. The fraction of sp³-hybridized carbons (Fsp3) is 1.00. The molecule has 0 aliphatic rings. The highest BCUT2D eigenvalue weighted by atomic mass is 32.3. The minimum atomic E-state index is -8.01. The molecule has 0 rings (SSSR count). The van der Waals surface area contributed by atoms with Crippen LogP contribution in [0.1, 0.15) is 58.3 Å². The van der Waals surface area contributed by atoms with Crippen molar-refractivity contribution in [1.82, 2.24) is 0 Å². The molecule has 0 aromatic rings. The molecule has 0 amide bonds. The van der Waals surface area contributed by atoms with E-state index in [4.69, 9.17) is 4.55 Å². The summed E-state index contributed by atoms with van der Waals surface area (Å²) in [5, 5.41) is 0. The van der Waals surface area contributed by atoms with E-state index in [0.717, 1.165) is 6.42 Å². The molecular formula is C16H21F13O4S. The Morgan fingerprint density at radius 3 is 1.53 bits per heavy atom. The van der Waals surface area contributed by atoms with Crippen LogP contribution in [0.3, 0.4) is 0 Å². The zero-order valence-corrected chi connectivity index (χ0v) is 18.0. The molecule has 18 heteroatoms. The van der Waals surface area contributed by atoms with Crippen molar-refractivity contribution in [3.05, 3.63) is 0 Å². The lowest BCUT2D eigenvalue weighted by Gasteiger charge is -2.40. The van der Waals surface area contributed by atoms with Crippen LogP contribution in [0, 0.1) is 0 Å². The SMILES string of the molecule is CCCCCCCC(CCC(F)(F)C(F)(F)C(F)(F)C(F)(F)C(F)(F)C(F)(F)F)OS(=O)(=O)O. The molecule has 0 radical (unpaired) electrons. The molecule has 0 aliphatic carbocycles. The summed E-state index contributed by atoms with van der Waals surface area (Å²) in [5.74, 6) is -37.5. The van der Waals surface area contributed by atoms with E-state index in [-0.39, 0.29) is 6.42 Å². The predicted octanol–water partition coefficient (Wildman–Crippen LogP) is 7.05. The number of hydrogen-bond acceptors (Lipinski definition) is 3. The van der Waals surface area contributed by atoms with Crippen molar-refractivity contribution in [2.75, 3.05) is 0 Å². The lowest BCUT2D eigenvalue weighted by Crippen LogP contribution is -2.70. The Bertz CT molecular complexity index is 750. The lowest BCUT2D eigenvalue weighted by atomic mass is 9.91. The molecule has 0 saturated carbocycles. The average Bonchev–Trinajstić information content (AvgIpc) is 2.63. The average molecular weight is 556 g/mol. The smallest absolute Gasteiger partial charge is 0.264 e. The van der Waals surface area contributed by atoms with E-state index in [2.05, 4.69) is 4.18 Å². The van der Waals surface area contributed by atoms with Gasteiger partial charge in [-0.1, -0.05) is 39.0 Å². The summed E-state index contributed by atoms with van der Waals surface area (Å²) in [7, 11) is -5.39. The van der Waals surface area contributed by atoms with Crippen LogP contribution in [0.25, 0.3) is 0 Å². The highest BCUT2D eigenvalue weighted by Crippen LogP contribution is 2.60. The van der Waals surface area contributed by atoms with Crippen molar-refractivity contribution in [3.63, 3.8) is 0 Å². The summed E-state index contributed by atoms with van der Waals surface area (Å²) < 4.78 is 204. The number of rotatable bonds is 15. The van der Waals surface area contributed by atoms with Gasteiger partial charge in [0.2, 0.25) is 0 Å². The minimum Gasteiger partial charge on any atom is -0.264 e. The van der Waals surface area contributed by atoms with Gasteiger partial charge in [0.25, 0.3) is 0 Å². The van der Waals surface area contributed by atoms with E-state index in [1.165, 1.54) is 0 Å². The zero-order valence-electron chi connectivity index (χ0n) is 17.2. The monoisotopic (exact) mass is 556 g/mol. The molecule has 206 valence electrons. The summed E-state index contributed by atoms with van der Waals surface area (Å²) in [6.07, 6.45) is -12.0. The van der Waals surface area contributed by atoms with Crippen LogP contribution >= 0.6 is 0 Å². The van der Waals surface area contributed by atoms with Gasteiger partial charge in [0.1, 0.15) is 0 Å². The van der Waals surface area contributed by atoms with Crippen LogP contribution < -0.4 is 0 Å². The van der Waals surface area contributed by atoms with Crippen molar-refractivity contribution in [2.45, 2.75) is 100 Å². The first-order valence-corrected chi connectivity index (χ1v) is 10.9. The molecule has 0 saturated heterocycles. The van der Waals surface area contributed by atoms with Crippen molar-refractivity contribution in [3.8, 4) is 0 Å². The molecule has 0 bridgehead atoms. The quantitative estimate of drug-likeness (QED) is 0.133. The van der Waals surface area contributed by atoms with Crippen LogP contribution in [0.4, 0.5) is 57.1 Å². The summed E-state index contributed by atoms with van der Waals surface area (Å²) in [6.45, 7) is 1.80. The Kier molecular flexibility index (Phi) is 10.6. The van der Waals surface area contributed by atoms with Gasteiger partial charge in [-0.05, 0) is 12.8 Å². The summed E-state index contributed by atoms with van der Waals surface area (Å²) in [5.41, 5.74) is 0. The van der Waals surface area contributed by atoms with Crippen LogP contribution in [0.5, 0.6) is 0 Å². The van der Waals surface area contributed by atoms with E-state index in [0.29, 0.717) is 19.3 Å². The number of alkyl halides is 13. The molecule has 0 aromatic carbocycles. The Labute approximate surface area is 185 Å². The summed E-state index contributed by atoms with van der Waals surface area (Å²) in [4.78, 5) is 0. The molecule has 1 N–H and O–H groups in total. The summed E-state index contributed by atoms with van der Waals surface area (Å²) >= 11 is 0. The van der Waals surface area contributed by atoms with E-state index in [1.807, 2.05) is 0 Å². The molecular weight excluding hydrogens is 535 g/mol. The largest absolute Gasteiger partial charge is 0.460 e. The first-order valence-electron chi connectivity index (χ1n) is 9.50. The van der Waals surface area contributed by atoms with Gasteiger partial charge in [0.05, 0.1) is 6.10 Å². The van der Waals surface area contributed by atoms with E-state index < -0.39 is 71.6 Å². The van der Waals surface area contributed by atoms with E-state index in [1.54, 1.807) is 6.92 Å². The fourth-order valence-corrected chi connectivity index (χ4v) is 3.23. The minimum absolute atomic E-state index is 0.00577. The van der Waals surface area contributed by atoms with Crippen LogP contribution in [0.15, 0.2) is 0 Å². The van der Waals surface area contributed by atoms with Crippen molar-refractivity contribution < 1.29 is 74.2 Å². The fourth-order valence-electron chi connectivity index (χ4n) is 2.69. The first kappa shape index (κ1) is 33.0. The zero-order chi connectivity index (χ0) is 27.4. The standard InChI is InChI=1S/C16H21F13O4S/c1-2-3-4-5-6-7-10(33-34(30,31)32)8-9-11(17,18)12(19,20)13(21,22)14(23,24)15(25,26)16(27,28)29/h10H,2-9H2,1H3,(H,30,31,32). The Balaban J connectivity index is 5.78. The molecule has 34 heavy (non-hydrogen) atoms. The third kappa shape index (κ3) is 7.24. The van der Waals surface area contributed by atoms with Gasteiger partial charge < -0.3 is 0 Å². The Morgan fingerprint density at radius 1 is 0.676 bits per heavy atom. The second-order valence-electron chi connectivity index (χ2n) is 7.39. The number of unbranched alkanes of at least 4 members (excludes halogenated alkanes) is 4. The van der Waals surface area contributed by atoms with Gasteiger partial charge in [-0.3, -0.25) is 4.55 Å². The Morgan fingerprint density at radius 2 is 1.12 bits per heavy atom. The normalized spacial score (nSPS) is 16.1. The molecule has 0 heterocycles. The molecule has 0 aliphatic heterocycles. The highest BCUT2D eigenvalue weighted by Gasteiger charge is 2.90. The molecule has 1 unspecified atom stereocenters. The maximum atomic E-state index is 13.8. The van der Waals surface area contributed by atoms with E-state index in [9.17, 15) is 65.5 Å². The second-order valence-corrected chi connectivity index (χ2v) is 8.44. The maximum absolute atomic E-state index is 13.8. The molecule has 0 fully saturated rings. The van der Waals surface area contributed by atoms with Gasteiger partial charge in [0.15, 0.2) is 0 Å². The maximum Gasteiger partial charge on any atom is 0.460 e. The molecule has 0 spiro atoms. The number of hydrogen-bond donors (Lipinski definition) is 1. The van der Waals surface area contributed by atoms with Crippen LogP contribution in [0.2, 0.25) is 0 Å². The third-order valence-electron chi connectivity index (χ3n) is 4.67. The Hall–Kier alpha value is -1.04. The third-order valence-corrected chi connectivity index (χ3v) is 5.18. The second kappa shape index (κ2) is 10.9. The first-order chi connectivity index (χ1) is 14.9. The topological polar surface area (TPSA) is 63.6 Å². The van der Waals surface area contributed by atoms with Gasteiger partial charge in [0, 0.05) is 6.42 Å². The molecule has 4 nitrogen and oxygen atoms in total. The van der Waals surface area contributed by atoms with Crippen molar-refractivity contribution >= 4 is 10.4 Å². The van der Waals surface area contributed by atoms with Crippen LogP contribution in [-0.4, -0.2) is 54.9 Å². The molecule has 1 atom stereocenters. The van der Waals surface area contributed by atoms with Crippen molar-refractivity contribution in [2.24, 2.45) is 0 Å². The van der Waals surface area contributed by atoms with Gasteiger partial charge in [-0.15, -0.1) is 0 Å². The predicted molar refractivity (Wildman–Crippen MR) is 89.8 cm³/mol. The molecule has 0 aromatic heterocycles. The van der Waals surface area contributed by atoms with Gasteiger partial charge in [-0.2, -0.15) is 65.5 Å². The van der Waals surface area contributed by atoms with Gasteiger partial charge in [-0.25, -0.2) is 4.18 Å². The van der Waals surface area contributed by atoms with E-state index >= 15 is 0 Å². The van der Waals surface area contributed by atoms with Crippen molar-refractivity contribution in [1.29, 1.82) is 0 Å². The van der Waals surface area contributed by atoms with Crippen LogP contribution in [-0.2, 0) is 14.6 Å².